The molecule has 0 aliphatic carbocycles. The molecule has 2 aromatic rings. The van der Waals surface area contributed by atoms with E-state index in [0.717, 1.165) is 11.3 Å². The van der Waals surface area contributed by atoms with Crippen molar-refractivity contribution in [2.45, 2.75) is 13.0 Å². The van der Waals surface area contributed by atoms with Gasteiger partial charge in [-0.05, 0) is 36.2 Å². The highest BCUT2D eigenvalue weighted by molar-refractivity contribution is 8.00. The number of thioether (sulfide) groups is 1. The molecule has 1 saturated heterocycles. The van der Waals surface area contributed by atoms with Crippen molar-refractivity contribution in [3.05, 3.63) is 64.7 Å². The zero-order chi connectivity index (χ0) is 23.8. The van der Waals surface area contributed by atoms with Crippen molar-refractivity contribution in [2.75, 3.05) is 50.1 Å². The summed E-state index contributed by atoms with van der Waals surface area (Å²) >= 11 is 7.62. The average Bonchev–Trinajstić information content (AvgIpc) is 2.80. The summed E-state index contributed by atoms with van der Waals surface area (Å²) < 4.78 is 5.01. The number of amides is 2. The zero-order valence-electron chi connectivity index (χ0n) is 18.8. The highest BCUT2D eigenvalue weighted by Gasteiger charge is 2.33. The lowest BCUT2D eigenvalue weighted by Crippen LogP contribution is -2.51. The summed E-state index contributed by atoms with van der Waals surface area (Å²) in [6.45, 7) is 3.99. The number of ether oxygens (including phenoxy) is 1. The molecule has 176 valence electrons. The first-order valence-electron chi connectivity index (χ1n) is 10.7. The largest absolute Gasteiger partial charge is 0.468 e. The molecule has 3 rings (SSSR count). The van der Waals surface area contributed by atoms with Gasteiger partial charge in [-0.15, -0.1) is 11.8 Å². The Bertz CT molecular complexity index is 995. The van der Waals surface area contributed by atoms with Crippen molar-refractivity contribution in [1.29, 1.82) is 0 Å². The molecule has 9 heteroatoms. The fourth-order valence-corrected chi connectivity index (χ4v) is 4.71. The molecular weight excluding hydrogens is 462 g/mol. The molecule has 2 aromatic carbocycles. The predicted molar refractivity (Wildman–Crippen MR) is 131 cm³/mol. The van der Waals surface area contributed by atoms with Gasteiger partial charge in [0.05, 0.1) is 18.6 Å². The lowest BCUT2D eigenvalue weighted by atomic mass is 10.0. The first-order chi connectivity index (χ1) is 15.9. The van der Waals surface area contributed by atoms with Crippen LogP contribution in [0.25, 0.3) is 0 Å². The van der Waals surface area contributed by atoms with Crippen LogP contribution in [-0.4, -0.2) is 72.4 Å². The Morgan fingerprint density at radius 1 is 1.06 bits per heavy atom. The van der Waals surface area contributed by atoms with Gasteiger partial charge in [-0.1, -0.05) is 41.9 Å². The SMILES string of the molecule is COC(=O)C(c1ccccc1Cl)N1CCN(C(=O)CSCC(=O)Nc2cccc(C)c2)CC1. The summed E-state index contributed by atoms with van der Waals surface area (Å²) in [5, 5.41) is 3.35. The number of hydrogen-bond donors (Lipinski definition) is 1. The number of aryl methyl sites for hydroxylation is 1. The van der Waals surface area contributed by atoms with E-state index in [1.165, 1.54) is 18.9 Å². The molecule has 1 aliphatic rings. The molecule has 7 nitrogen and oxygen atoms in total. The fourth-order valence-electron chi connectivity index (χ4n) is 3.75. The number of anilines is 1. The second kappa shape index (κ2) is 12.1. The number of rotatable bonds is 8. The number of piperazine rings is 1. The molecule has 1 heterocycles. The summed E-state index contributed by atoms with van der Waals surface area (Å²) in [6, 6.07) is 14.2. The Balaban J connectivity index is 1.47. The summed E-state index contributed by atoms with van der Waals surface area (Å²) in [6.07, 6.45) is 0. The Morgan fingerprint density at radius 2 is 1.79 bits per heavy atom. The number of esters is 1. The third-order valence-corrected chi connectivity index (χ3v) is 6.68. The normalized spacial score (nSPS) is 15.1. The Kier molecular flexibility index (Phi) is 9.17. The smallest absolute Gasteiger partial charge is 0.327 e. The van der Waals surface area contributed by atoms with E-state index in [1.54, 1.807) is 11.0 Å². The van der Waals surface area contributed by atoms with Crippen LogP contribution < -0.4 is 5.32 Å². The molecule has 0 saturated carbocycles. The minimum atomic E-state index is -0.611. The molecule has 0 aromatic heterocycles. The van der Waals surface area contributed by atoms with Crippen LogP contribution in [0.3, 0.4) is 0 Å². The van der Waals surface area contributed by atoms with Gasteiger partial charge in [-0.2, -0.15) is 0 Å². The third-order valence-electron chi connectivity index (χ3n) is 5.42. The minimum absolute atomic E-state index is 0.0182. The van der Waals surface area contributed by atoms with Crippen molar-refractivity contribution in [1.82, 2.24) is 9.80 Å². The summed E-state index contributed by atoms with van der Waals surface area (Å²) in [4.78, 5) is 41.0. The number of hydrogen-bond acceptors (Lipinski definition) is 6. The molecule has 1 N–H and O–H groups in total. The van der Waals surface area contributed by atoms with Gasteiger partial charge in [0.2, 0.25) is 11.8 Å². The Hall–Kier alpha value is -2.55. The third kappa shape index (κ3) is 6.96. The molecule has 2 amide bonds. The van der Waals surface area contributed by atoms with Gasteiger partial charge >= 0.3 is 5.97 Å². The van der Waals surface area contributed by atoms with Gasteiger partial charge in [0.15, 0.2) is 0 Å². The van der Waals surface area contributed by atoms with Crippen LogP contribution in [0.4, 0.5) is 5.69 Å². The molecule has 1 atom stereocenters. The van der Waals surface area contributed by atoms with Crippen molar-refractivity contribution in [3.8, 4) is 0 Å². The van der Waals surface area contributed by atoms with E-state index in [9.17, 15) is 14.4 Å². The molecular formula is C24H28ClN3O4S. The highest BCUT2D eigenvalue weighted by Crippen LogP contribution is 2.29. The summed E-state index contributed by atoms with van der Waals surface area (Å²) in [5.74, 6) is -0.0970. The van der Waals surface area contributed by atoms with Gasteiger partial charge < -0.3 is 15.0 Å². The molecule has 1 unspecified atom stereocenters. The zero-order valence-corrected chi connectivity index (χ0v) is 20.3. The first kappa shape index (κ1) is 25.1. The van der Waals surface area contributed by atoms with E-state index in [4.69, 9.17) is 16.3 Å². The Morgan fingerprint density at radius 3 is 2.45 bits per heavy atom. The monoisotopic (exact) mass is 489 g/mol. The van der Waals surface area contributed by atoms with E-state index >= 15 is 0 Å². The molecule has 1 fully saturated rings. The molecule has 1 aliphatic heterocycles. The number of nitrogens with one attached hydrogen (secondary N) is 1. The maximum atomic E-state index is 12.6. The topological polar surface area (TPSA) is 79.0 Å². The van der Waals surface area contributed by atoms with Crippen LogP contribution in [0.2, 0.25) is 5.02 Å². The van der Waals surface area contributed by atoms with Gasteiger partial charge in [0.25, 0.3) is 0 Å². The van der Waals surface area contributed by atoms with Gasteiger partial charge in [0.1, 0.15) is 6.04 Å². The van der Waals surface area contributed by atoms with Crippen molar-refractivity contribution >= 4 is 46.8 Å². The summed E-state index contributed by atoms with van der Waals surface area (Å²) in [5.41, 5.74) is 2.52. The second-order valence-electron chi connectivity index (χ2n) is 7.77. The maximum absolute atomic E-state index is 12.6. The van der Waals surface area contributed by atoms with Gasteiger partial charge in [0, 0.05) is 36.9 Å². The van der Waals surface area contributed by atoms with Crippen LogP contribution in [0.15, 0.2) is 48.5 Å². The quantitative estimate of drug-likeness (QED) is 0.573. The first-order valence-corrected chi connectivity index (χ1v) is 12.2. The Labute approximate surface area is 203 Å². The molecule has 0 spiro atoms. The molecule has 33 heavy (non-hydrogen) atoms. The van der Waals surface area contributed by atoms with Gasteiger partial charge in [-0.25, -0.2) is 4.79 Å². The number of nitrogens with zero attached hydrogens (tertiary/aromatic N) is 2. The molecule has 0 radical (unpaired) electrons. The standard InChI is InChI=1S/C24H28ClN3O4S/c1-17-6-5-7-18(14-17)26-21(29)15-33-16-22(30)27-10-12-28(13-11-27)23(24(31)32-2)19-8-3-4-9-20(19)25/h3-9,14,23H,10-13,15-16H2,1-2H3,(H,26,29). The van der Waals surface area contributed by atoms with Crippen molar-refractivity contribution in [2.24, 2.45) is 0 Å². The van der Waals surface area contributed by atoms with Crippen molar-refractivity contribution in [3.63, 3.8) is 0 Å². The highest BCUT2D eigenvalue weighted by atomic mass is 35.5. The molecule has 0 bridgehead atoms. The number of carbonyl (C=O) groups is 3. The van der Waals surface area contributed by atoms with Crippen LogP contribution in [0.5, 0.6) is 0 Å². The van der Waals surface area contributed by atoms with Crippen LogP contribution in [0, 0.1) is 6.92 Å². The maximum Gasteiger partial charge on any atom is 0.327 e. The lowest BCUT2D eigenvalue weighted by Gasteiger charge is -2.38. The number of halogens is 1. The number of benzene rings is 2. The van der Waals surface area contributed by atoms with E-state index in [2.05, 4.69) is 5.32 Å². The fraction of sp³-hybridized carbons (Fsp3) is 0.375. The van der Waals surface area contributed by atoms with Crippen LogP contribution >= 0.6 is 23.4 Å². The number of carbonyl (C=O) groups excluding carboxylic acids is 3. The van der Waals surface area contributed by atoms with E-state index in [-0.39, 0.29) is 29.3 Å². The van der Waals surface area contributed by atoms with Gasteiger partial charge in [-0.3, -0.25) is 14.5 Å². The second-order valence-corrected chi connectivity index (χ2v) is 9.17. The van der Waals surface area contributed by atoms with Crippen LogP contribution in [0.1, 0.15) is 17.2 Å². The van der Waals surface area contributed by atoms with E-state index in [0.29, 0.717) is 36.8 Å². The predicted octanol–water partition coefficient (Wildman–Crippen LogP) is 3.38. The van der Waals surface area contributed by atoms with Crippen LogP contribution in [-0.2, 0) is 19.1 Å². The average molecular weight is 490 g/mol. The number of methoxy groups -OCH3 is 1. The van der Waals surface area contributed by atoms with Crippen molar-refractivity contribution < 1.29 is 19.1 Å². The van der Waals surface area contributed by atoms with E-state index in [1.807, 2.05) is 54.3 Å². The van der Waals surface area contributed by atoms with E-state index < -0.39 is 6.04 Å². The summed E-state index contributed by atoms with van der Waals surface area (Å²) in [7, 11) is 1.36. The lowest BCUT2D eigenvalue weighted by molar-refractivity contribution is -0.148. The minimum Gasteiger partial charge on any atom is -0.468 e.